The molecule has 0 radical (unpaired) electrons. The van der Waals surface area contributed by atoms with Gasteiger partial charge >= 0.3 is 0 Å². The fourth-order valence-corrected chi connectivity index (χ4v) is 4.31. The molecule has 0 saturated carbocycles. The van der Waals surface area contributed by atoms with Crippen molar-refractivity contribution in [1.82, 2.24) is 0 Å². The van der Waals surface area contributed by atoms with Crippen LogP contribution in [-0.4, -0.2) is 31.0 Å². The first-order valence-electron chi connectivity index (χ1n) is 10.4. The normalized spacial score (nSPS) is 10.9. The number of azo groups is 1. The van der Waals surface area contributed by atoms with E-state index in [1.807, 2.05) is 22.8 Å². The first-order valence-corrected chi connectivity index (χ1v) is 11.2. The summed E-state index contributed by atoms with van der Waals surface area (Å²) in [5.74, 6) is 0.233. The van der Waals surface area contributed by atoms with Crippen LogP contribution in [0.2, 0.25) is 0 Å². The van der Waals surface area contributed by atoms with E-state index in [0.717, 1.165) is 5.52 Å². The number of aromatic nitrogens is 1. The Bertz CT molecular complexity index is 1310. The number of nitrogens with zero attached hydrogens (tertiary/aromatic N) is 6. The van der Waals surface area contributed by atoms with Crippen molar-refractivity contribution in [3.05, 3.63) is 40.4 Å². The van der Waals surface area contributed by atoms with Crippen LogP contribution in [0.4, 0.5) is 27.8 Å². The number of hydrogen-bond donors (Lipinski definition) is 1. The van der Waals surface area contributed by atoms with Crippen LogP contribution in [0.1, 0.15) is 20.3 Å². The van der Waals surface area contributed by atoms with Crippen LogP contribution >= 0.6 is 11.5 Å². The molecule has 34 heavy (non-hydrogen) atoms. The molecule has 3 aromatic rings. The third-order valence-corrected chi connectivity index (χ3v) is 6.00. The SMILES string of the molecule is CCN(CCC#N)c1cc(NC(C)=O)c(N=Nc2s[n+](C)c3ccc([N+](=O)[O-])cc23)cc1OC. The van der Waals surface area contributed by atoms with Crippen LogP contribution in [0.15, 0.2) is 40.6 Å². The number of nitro benzene ring substituents is 1. The lowest BCUT2D eigenvalue weighted by atomic mass is 10.2. The van der Waals surface area contributed by atoms with Crippen LogP contribution in [0.25, 0.3) is 10.9 Å². The number of methoxy groups -OCH3 is 1. The predicted molar refractivity (Wildman–Crippen MR) is 129 cm³/mol. The first kappa shape index (κ1) is 24.5. The van der Waals surface area contributed by atoms with E-state index in [9.17, 15) is 14.9 Å². The molecule has 0 aliphatic rings. The van der Waals surface area contributed by atoms with Gasteiger partial charge in [0.1, 0.15) is 11.4 Å². The fourth-order valence-electron chi connectivity index (χ4n) is 3.46. The number of non-ortho nitro benzene ring substituents is 1. The molecule has 3 rings (SSSR count). The lowest BCUT2D eigenvalue weighted by Crippen LogP contribution is -2.24. The first-order chi connectivity index (χ1) is 16.3. The largest absolute Gasteiger partial charge is 0.494 e. The molecule has 176 valence electrons. The zero-order valence-electron chi connectivity index (χ0n) is 19.2. The van der Waals surface area contributed by atoms with Gasteiger partial charge in [-0.3, -0.25) is 14.9 Å². The number of fused-ring (bicyclic) bond motifs is 1. The molecule has 11 nitrogen and oxygen atoms in total. The zero-order chi connectivity index (χ0) is 24.8. The summed E-state index contributed by atoms with van der Waals surface area (Å²) in [5.41, 5.74) is 2.26. The van der Waals surface area contributed by atoms with Crippen molar-refractivity contribution < 1.29 is 18.4 Å². The number of aryl methyl sites for hydroxylation is 1. The number of anilines is 2. The highest BCUT2D eigenvalue weighted by Gasteiger charge is 2.21. The van der Waals surface area contributed by atoms with E-state index in [2.05, 4.69) is 21.6 Å². The maximum atomic E-state index is 11.9. The molecule has 0 bridgehead atoms. The highest BCUT2D eigenvalue weighted by atomic mass is 32.1. The maximum absolute atomic E-state index is 11.9. The summed E-state index contributed by atoms with van der Waals surface area (Å²) in [4.78, 5) is 24.6. The van der Waals surface area contributed by atoms with Gasteiger partial charge in [-0.15, -0.1) is 14.2 Å². The van der Waals surface area contributed by atoms with Crippen LogP contribution in [0.5, 0.6) is 5.75 Å². The Hall–Kier alpha value is -4.11. The number of nitriles is 1. The van der Waals surface area contributed by atoms with Crippen LogP contribution in [0.3, 0.4) is 0 Å². The highest BCUT2D eigenvalue weighted by molar-refractivity contribution is 7.07. The van der Waals surface area contributed by atoms with Crippen molar-refractivity contribution >= 4 is 56.1 Å². The minimum Gasteiger partial charge on any atom is -0.494 e. The lowest BCUT2D eigenvalue weighted by Gasteiger charge is -2.25. The van der Waals surface area contributed by atoms with E-state index in [4.69, 9.17) is 10.00 Å². The lowest BCUT2D eigenvalue weighted by molar-refractivity contribution is -0.573. The second kappa shape index (κ2) is 10.7. The minimum atomic E-state index is -0.456. The summed E-state index contributed by atoms with van der Waals surface area (Å²) in [6, 6.07) is 10.1. The number of nitro groups is 1. The number of hydrogen-bond acceptors (Lipinski definition) is 9. The van der Waals surface area contributed by atoms with Gasteiger partial charge in [-0.25, -0.2) is 0 Å². The topological polar surface area (TPSA) is 137 Å². The van der Waals surface area contributed by atoms with E-state index in [-0.39, 0.29) is 11.6 Å². The monoisotopic (exact) mass is 482 g/mol. The number of nitrogens with one attached hydrogen (secondary N) is 1. The second-order valence-electron chi connectivity index (χ2n) is 7.26. The quantitative estimate of drug-likeness (QED) is 0.202. The third kappa shape index (κ3) is 5.26. The highest BCUT2D eigenvalue weighted by Crippen LogP contribution is 2.40. The Morgan fingerprint density at radius 3 is 2.74 bits per heavy atom. The standard InChI is InChI=1S/C22H23N7O4S/c1-5-28(10-6-9-23)20-12-17(24-14(2)30)18(13-21(20)33-4)25-26-22-16-11-15(29(31)32)7-8-19(16)27(3)34-22/h7-8,11-13H,5-6,10H2,1-4H3/p+1. The number of amides is 1. The molecule has 1 amide bonds. The van der Waals surface area contributed by atoms with Gasteiger partial charge in [0.05, 0.1) is 41.3 Å². The fraction of sp³-hybridized carbons (Fsp3) is 0.318. The Morgan fingerprint density at radius 2 is 2.12 bits per heavy atom. The molecule has 0 saturated heterocycles. The van der Waals surface area contributed by atoms with E-state index in [1.54, 1.807) is 18.2 Å². The Labute approximate surface area is 200 Å². The molecular weight excluding hydrogens is 458 g/mol. The summed E-state index contributed by atoms with van der Waals surface area (Å²) < 4.78 is 7.41. The molecule has 0 aliphatic heterocycles. The minimum absolute atomic E-state index is 0.0377. The van der Waals surface area contributed by atoms with Gasteiger partial charge in [0.2, 0.25) is 16.4 Å². The van der Waals surface area contributed by atoms with E-state index in [0.29, 0.717) is 52.7 Å². The van der Waals surface area contributed by atoms with E-state index < -0.39 is 4.92 Å². The van der Waals surface area contributed by atoms with Crippen LogP contribution in [-0.2, 0) is 11.8 Å². The average Bonchev–Trinajstić information content (AvgIpc) is 3.13. The Kier molecular flexibility index (Phi) is 7.70. The molecule has 12 heteroatoms. The van der Waals surface area contributed by atoms with Crippen LogP contribution in [0, 0.1) is 21.4 Å². The smallest absolute Gasteiger partial charge is 0.270 e. The molecule has 1 aromatic heterocycles. The maximum Gasteiger partial charge on any atom is 0.270 e. The van der Waals surface area contributed by atoms with Gasteiger partial charge in [0.15, 0.2) is 18.6 Å². The van der Waals surface area contributed by atoms with Crippen molar-refractivity contribution in [2.45, 2.75) is 20.3 Å². The summed E-state index contributed by atoms with van der Waals surface area (Å²) >= 11 is 1.29. The Balaban J connectivity index is 2.10. The molecule has 0 fully saturated rings. The summed E-state index contributed by atoms with van der Waals surface area (Å²) in [5, 5.41) is 32.7. The van der Waals surface area contributed by atoms with Gasteiger partial charge in [-0.1, -0.05) is 0 Å². The summed E-state index contributed by atoms with van der Waals surface area (Å²) in [6.45, 7) is 4.49. The van der Waals surface area contributed by atoms with Gasteiger partial charge < -0.3 is 15.0 Å². The third-order valence-electron chi connectivity index (χ3n) is 5.06. The second-order valence-corrected chi connectivity index (χ2v) is 8.38. The molecule has 1 heterocycles. The summed E-state index contributed by atoms with van der Waals surface area (Å²) in [6.07, 6.45) is 0.336. The predicted octanol–water partition coefficient (Wildman–Crippen LogP) is 4.76. The average molecular weight is 483 g/mol. The van der Waals surface area contributed by atoms with Crippen molar-refractivity contribution in [2.24, 2.45) is 17.3 Å². The van der Waals surface area contributed by atoms with Crippen molar-refractivity contribution in [2.75, 3.05) is 30.4 Å². The summed E-state index contributed by atoms with van der Waals surface area (Å²) in [7, 11) is 3.36. The number of carbonyl (C=O) groups is 1. The molecular formula is C22H24N7O4S+. The molecule has 0 unspecified atom stereocenters. The van der Waals surface area contributed by atoms with Gasteiger partial charge in [-0.2, -0.15) is 5.26 Å². The van der Waals surface area contributed by atoms with Gasteiger partial charge in [0, 0.05) is 44.3 Å². The number of rotatable bonds is 9. The molecule has 0 aliphatic carbocycles. The molecule has 0 atom stereocenters. The number of benzene rings is 2. The molecule has 0 spiro atoms. The number of ether oxygens (including phenoxy) is 1. The Morgan fingerprint density at radius 1 is 1.35 bits per heavy atom. The number of carbonyl (C=O) groups excluding carboxylic acids is 1. The van der Waals surface area contributed by atoms with E-state index >= 15 is 0 Å². The van der Waals surface area contributed by atoms with Gasteiger partial charge in [0.25, 0.3) is 5.69 Å². The van der Waals surface area contributed by atoms with E-state index in [1.165, 1.54) is 37.7 Å². The zero-order valence-corrected chi connectivity index (χ0v) is 20.0. The van der Waals surface area contributed by atoms with Gasteiger partial charge in [-0.05, 0) is 13.0 Å². The molecule has 2 aromatic carbocycles. The molecule has 1 N–H and O–H groups in total. The van der Waals surface area contributed by atoms with Crippen LogP contribution < -0.4 is 18.9 Å². The van der Waals surface area contributed by atoms with Crippen molar-refractivity contribution in [1.29, 1.82) is 5.26 Å². The van der Waals surface area contributed by atoms with Crippen molar-refractivity contribution in [3.8, 4) is 11.8 Å². The van der Waals surface area contributed by atoms with Crippen molar-refractivity contribution in [3.63, 3.8) is 0 Å².